The monoisotopic (exact) mass is 923 g/mol. The Morgan fingerprint density at radius 1 is 0.328 bits per heavy atom. The van der Waals surface area contributed by atoms with Crippen LogP contribution in [0.1, 0.15) is 201 Å². The first kappa shape index (κ1) is 62.3. The van der Waals surface area contributed by atoms with E-state index in [-0.39, 0.29) is 44.0 Å². The van der Waals surface area contributed by atoms with Crippen molar-refractivity contribution in [1.82, 2.24) is 0 Å². The molecule has 0 saturated heterocycles. The van der Waals surface area contributed by atoms with Crippen LogP contribution in [0, 0.1) is 0 Å². The van der Waals surface area contributed by atoms with Gasteiger partial charge in [0.15, 0.2) is 6.10 Å². The molecular weight excluding hydrogens is 829 g/mol. The number of hydrogen-bond donors (Lipinski definition) is 0. The standard InChI is InChI=1S/C61H94O6/c1-4-7-10-13-16-19-22-25-27-29-31-33-34-36-39-42-45-48-51-54-60(63)66-57-58(56-65-59(62)53-50-47-44-41-38-24-21-18-15-12-9-6-3)67-61(64)55-52-49-46-43-40-37-35-32-30-28-26-23-20-17-14-11-8-5-2/h7,10-11,14,16-21,23,25-28,30-33,35-36,39,45,48,58H,4-6,8-9,12-13,15,22,24,29,34,37-38,40-44,46-47,49-57H2,1-3H3/b10-7-,14-11-,19-16-,20-17-,21-18-,26-23-,27-25-,30-28-,33-31-,35-32-,39-36-,48-45-. The van der Waals surface area contributed by atoms with Gasteiger partial charge in [0.25, 0.3) is 0 Å². The Bertz CT molecular complexity index is 1530. The third kappa shape index (κ3) is 52.1. The van der Waals surface area contributed by atoms with Crippen LogP contribution < -0.4 is 0 Å². The van der Waals surface area contributed by atoms with Crippen molar-refractivity contribution >= 4 is 17.9 Å². The van der Waals surface area contributed by atoms with E-state index >= 15 is 0 Å². The van der Waals surface area contributed by atoms with E-state index in [4.69, 9.17) is 14.2 Å². The molecule has 0 saturated carbocycles. The van der Waals surface area contributed by atoms with E-state index in [1.807, 2.05) is 48.6 Å². The molecule has 0 aromatic carbocycles. The first-order valence-electron chi connectivity index (χ1n) is 26.4. The summed E-state index contributed by atoms with van der Waals surface area (Å²) in [4.78, 5) is 38.0. The smallest absolute Gasteiger partial charge is 0.306 e. The van der Waals surface area contributed by atoms with Gasteiger partial charge in [-0.3, -0.25) is 14.4 Å². The van der Waals surface area contributed by atoms with Crippen molar-refractivity contribution in [3.05, 3.63) is 146 Å². The molecule has 0 fully saturated rings. The Kier molecular flexibility index (Phi) is 50.1. The summed E-state index contributed by atoms with van der Waals surface area (Å²) in [6.07, 6.45) is 76.9. The van der Waals surface area contributed by atoms with E-state index in [0.717, 1.165) is 116 Å². The summed E-state index contributed by atoms with van der Waals surface area (Å²) >= 11 is 0. The Morgan fingerprint density at radius 2 is 0.701 bits per heavy atom. The SMILES string of the molecule is CC/C=C\C/C=C\C/C=C\C/C=C\C/C=C\C/C=C\CCC(=O)OCC(COC(=O)CCCCCCC/C=C\CCCCC)OC(=O)CCCCCCC\C=C/C=C\C=C/C=C\C=C/CCC. The molecule has 0 amide bonds. The van der Waals surface area contributed by atoms with Crippen LogP contribution in [0.4, 0.5) is 0 Å². The number of carbonyl (C=O) groups excluding carboxylic acids is 3. The number of hydrogen-bond acceptors (Lipinski definition) is 6. The Hall–Kier alpha value is -4.71. The summed E-state index contributed by atoms with van der Waals surface area (Å²) in [6, 6.07) is 0. The van der Waals surface area contributed by atoms with Crippen molar-refractivity contribution in [3.63, 3.8) is 0 Å². The van der Waals surface area contributed by atoms with Crippen molar-refractivity contribution in [2.24, 2.45) is 0 Å². The highest BCUT2D eigenvalue weighted by molar-refractivity contribution is 5.71. The molecule has 67 heavy (non-hydrogen) atoms. The summed E-state index contributed by atoms with van der Waals surface area (Å²) in [7, 11) is 0. The molecule has 0 aliphatic carbocycles. The van der Waals surface area contributed by atoms with Gasteiger partial charge in [-0.2, -0.15) is 0 Å². The van der Waals surface area contributed by atoms with Gasteiger partial charge in [0.05, 0.1) is 0 Å². The molecule has 1 atom stereocenters. The van der Waals surface area contributed by atoms with Crippen LogP contribution in [0.5, 0.6) is 0 Å². The predicted molar refractivity (Wildman–Crippen MR) is 288 cm³/mol. The molecule has 0 bridgehead atoms. The Labute approximate surface area is 410 Å². The number of unbranched alkanes of at least 4 members (excludes halogenated alkanes) is 14. The lowest BCUT2D eigenvalue weighted by molar-refractivity contribution is -0.166. The lowest BCUT2D eigenvalue weighted by Gasteiger charge is -2.18. The van der Waals surface area contributed by atoms with Crippen molar-refractivity contribution < 1.29 is 28.6 Å². The molecule has 6 nitrogen and oxygen atoms in total. The summed E-state index contributed by atoms with van der Waals surface area (Å²) in [5.74, 6) is -1.06. The second-order valence-corrected chi connectivity index (χ2v) is 16.8. The third-order valence-electron chi connectivity index (χ3n) is 10.4. The molecule has 6 heteroatoms. The van der Waals surface area contributed by atoms with Gasteiger partial charge in [0, 0.05) is 19.3 Å². The first-order valence-corrected chi connectivity index (χ1v) is 26.4. The molecule has 0 aromatic heterocycles. The molecular formula is C61H94O6. The highest BCUT2D eigenvalue weighted by atomic mass is 16.6. The number of allylic oxidation sites excluding steroid dienone is 24. The maximum absolute atomic E-state index is 12.8. The van der Waals surface area contributed by atoms with Gasteiger partial charge in [-0.25, -0.2) is 0 Å². The number of rotatable bonds is 45. The maximum atomic E-state index is 12.8. The fourth-order valence-corrected chi connectivity index (χ4v) is 6.49. The summed E-state index contributed by atoms with van der Waals surface area (Å²) in [6.45, 7) is 6.29. The summed E-state index contributed by atoms with van der Waals surface area (Å²) in [5.41, 5.74) is 0. The van der Waals surface area contributed by atoms with E-state index in [1.165, 1.54) is 38.5 Å². The van der Waals surface area contributed by atoms with Crippen LogP contribution in [-0.4, -0.2) is 37.2 Å². The molecule has 374 valence electrons. The van der Waals surface area contributed by atoms with Crippen LogP contribution in [0.3, 0.4) is 0 Å². The highest BCUT2D eigenvalue weighted by Crippen LogP contribution is 2.12. The number of carbonyl (C=O) groups is 3. The zero-order valence-corrected chi connectivity index (χ0v) is 42.6. The van der Waals surface area contributed by atoms with E-state index in [9.17, 15) is 14.4 Å². The second-order valence-electron chi connectivity index (χ2n) is 16.8. The lowest BCUT2D eigenvalue weighted by Crippen LogP contribution is -2.30. The van der Waals surface area contributed by atoms with Gasteiger partial charge in [0.2, 0.25) is 0 Å². The van der Waals surface area contributed by atoms with Crippen LogP contribution >= 0.6 is 0 Å². The molecule has 0 aromatic rings. The molecule has 0 aliphatic rings. The first-order chi connectivity index (χ1) is 33.0. The Morgan fingerprint density at radius 3 is 1.19 bits per heavy atom. The zero-order chi connectivity index (χ0) is 48.6. The quantitative estimate of drug-likeness (QED) is 0.0199. The van der Waals surface area contributed by atoms with E-state index in [0.29, 0.717) is 12.8 Å². The second kappa shape index (κ2) is 53.9. The van der Waals surface area contributed by atoms with Gasteiger partial charge in [-0.15, -0.1) is 0 Å². The van der Waals surface area contributed by atoms with Crippen LogP contribution in [0.2, 0.25) is 0 Å². The summed E-state index contributed by atoms with van der Waals surface area (Å²) < 4.78 is 16.7. The molecule has 0 radical (unpaired) electrons. The maximum Gasteiger partial charge on any atom is 0.306 e. The van der Waals surface area contributed by atoms with E-state index < -0.39 is 6.10 Å². The molecule has 0 aliphatic heterocycles. The van der Waals surface area contributed by atoms with E-state index in [2.05, 4.69) is 118 Å². The van der Waals surface area contributed by atoms with Gasteiger partial charge in [-0.1, -0.05) is 224 Å². The minimum atomic E-state index is -0.832. The molecule has 0 rings (SSSR count). The van der Waals surface area contributed by atoms with Crippen molar-refractivity contribution in [2.75, 3.05) is 13.2 Å². The minimum absolute atomic E-state index is 0.123. The topological polar surface area (TPSA) is 78.9 Å². The highest BCUT2D eigenvalue weighted by Gasteiger charge is 2.19. The fraction of sp³-hybridized carbons (Fsp3) is 0.557. The fourth-order valence-electron chi connectivity index (χ4n) is 6.49. The molecule has 0 heterocycles. The molecule has 0 N–H and O–H groups in total. The van der Waals surface area contributed by atoms with E-state index in [1.54, 1.807) is 0 Å². The molecule has 1 unspecified atom stereocenters. The number of esters is 3. The average molecular weight is 923 g/mol. The van der Waals surface area contributed by atoms with Crippen molar-refractivity contribution in [2.45, 2.75) is 207 Å². The normalized spacial score (nSPS) is 13.3. The summed E-state index contributed by atoms with van der Waals surface area (Å²) in [5, 5.41) is 0. The predicted octanol–water partition coefficient (Wildman–Crippen LogP) is 17.6. The van der Waals surface area contributed by atoms with Crippen LogP contribution in [-0.2, 0) is 28.6 Å². The zero-order valence-electron chi connectivity index (χ0n) is 42.6. The van der Waals surface area contributed by atoms with Gasteiger partial charge < -0.3 is 14.2 Å². The van der Waals surface area contributed by atoms with Gasteiger partial charge in [0.1, 0.15) is 13.2 Å². The number of ether oxygens (including phenoxy) is 3. The lowest BCUT2D eigenvalue weighted by atomic mass is 10.1. The Balaban J connectivity index is 4.60. The van der Waals surface area contributed by atoms with Gasteiger partial charge >= 0.3 is 17.9 Å². The van der Waals surface area contributed by atoms with Crippen LogP contribution in [0.25, 0.3) is 0 Å². The van der Waals surface area contributed by atoms with Crippen molar-refractivity contribution in [1.29, 1.82) is 0 Å². The average Bonchev–Trinajstić information content (AvgIpc) is 3.33. The van der Waals surface area contributed by atoms with Gasteiger partial charge in [-0.05, 0) is 103 Å². The minimum Gasteiger partial charge on any atom is -0.462 e. The van der Waals surface area contributed by atoms with Crippen LogP contribution in [0.15, 0.2) is 146 Å². The molecule has 0 spiro atoms. The largest absolute Gasteiger partial charge is 0.462 e. The third-order valence-corrected chi connectivity index (χ3v) is 10.4. The van der Waals surface area contributed by atoms with Crippen molar-refractivity contribution in [3.8, 4) is 0 Å².